The van der Waals surface area contributed by atoms with Crippen molar-refractivity contribution >= 4 is 0 Å². The number of aromatic amines is 1. The Morgan fingerprint density at radius 3 is 2.95 bits per heavy atom. The van der Waals surface area contributed by atoms with Crippen molar-refractivity contribution in [3.05, 3.63) is 32.6 Å². The molecule has 0 bridgehead atoms. The Bertz CT molecular complexity index is 638. The number of aryl methyl sites for hydroxylation is 1. The first-order valence-corrected chi connectivity index (χ1v) is 6.35. The summed E-state index contributed by atoms with van der Waals surface area (Å²) in [7, 11) is 0. The number of nitrogens with one attached hydrogen (secondary N) is 1. The maximum atomic E-state index is 11.9. The lowest BCUT2D eigenvalue weighted by Gasteiger charge is -2.24. The zero-order valence-corrected chi connectivity index (χ0v) is 10.9. The lowest BCUT2D eigenvalue weighted by atomic mass is 9.89. The maximum absolute atomic E-state index is 11.9. The number of hydrogen-bond donors (Lipinski definition) is 3. The highest BCUT2D eigenvalue weighted by atomic mass is 16.6. The van der Waals surface area contributed by atoms with E-state index in [-0.39, 0.29) is 19.8 Å². The third-order valence-corrected chi connectivity index (χ3v) is 4.07. The third kappa shape index (κ3) is 1.76. The van der Waals surface area contributed by atoms with Crippen molar-refractivity contribution in [2.24, 2.45) is 5.92 Å². The standard InChI is InChI=1S/C12H16N2O6/c1-6-2-14(11(18)13-9(6)17)10-8(16)7-3-19-5-12(7,4-15)20-10/h2,7-8,10,15-16H,3-5H2,1H3,(H,13,17,18)/t7?,8-,10?,12+/m1/s1. The number of fused-ring (bicyclic) bond motifs is 1. The zero-order chi connectivity index (χ0) is 14.5. The van der Waals surface area contributed by atoms with Crippen molar-refractivity contribution in [2.75, 3.05) is 19.8 Å². The molecule has 4 atom stereocenters. The number of aromatic nitrogens is 2. The molecule has 0 spiro atoms. The Labute approximate surface area is 113 Å². The molecule has 3 heterocycles. The second-order valence-corrected chi connectivity index (χ2v) is 5.32. The molecule has 0 aromatic carbocycles. The van der Waals surface area contributed by atoms with E-state index in [2.05, 4.69) is 4.98 Å². The van der Waals surface area contributed by atoms with Crippen molar-refractivity contribution in [2.45, 2.75) is 24.9 Å². The van der Waals surface area contributed by atoms with Gasteiger partial charge in [-0.25, -0.2) is 4.79 Å². The first-order chi connectivity index (χ1) is 9.48. The minimum atomic E-state index is -0.993. The van der Waals surface area contributed by atoms with E-state index in [1.807, 2.05) is 0 Å². The number of nitrogens with zero attached hydrogens (tertiary/aromatic N) is 1. The molecule has 8 nitrogen and oxygen atoms in total. The van der Waals surface area contributed by atoms with Crippen LogP contribution >= 0.6 is 0 Å². The Balaban J connectivity index is 2.03. The Kier molecular flexibility index (Phi) is 3.05. The van der Waals surface area contributed by atoms with Gasteiger partial charge in [-0.1, -0.05) is 0 Å². The molecule has 20 heavy (non-hydrogen) atoms. The lowest BCUT2D eigenvalue weighted by molar-refractivity contribution is -0.123. The fraction of sp³-hybridized carbons (Fsp3) is 0.667. The molecule has 8 heteroatoms. The van der Waals surface area contributed by atoms with Crippen molar-refractivity contribution < 1.29 is 19.7 Å². The summed E-state index contributed by atoms with van der Waals surface area (Å²) in [5.41, 5.74) is -1.78. The summed E-state index contributed by atoms with van der Waals surface area (Å²) in [5.74, 6) is -0.406. The largest absolute Gasteiger partial charge is 0.393 e. The number of aliphatic hydroxyl groups excluding tert-OH is 2. The Morgan fingerprint density at radius 2 is 2.30 bits per heavy atom. The molecular weight excluding hydrogens is 268 g/mol. The van der Waals surface area contributed by atoms with E-state index in [1.165, 1.54) is 6.20 Å². The van der Waals surface area contributed by atoms with Gasteiger partial charge in [0, 0.05) is 17.7 Å². The van der Waals surface area contributed by atoms with Crippen LogP contribution in [-0.2, 0) is 9.47 Å². The van der Waals surface area contributed by atoms with Crippen LogP contribution in [-0.4, -0.2) is 51.3 Å². The molecule has 2 unspecified atom stereocenters. The molecule has 2 saturated heterocycles. The Morgan fingerprint density at radius 1 is 1.55 bits per heavy atom. The molecule has 1 aromatic heterocycles. The van der Waals surface area contributed by atoms with E-state index in [0.29, 0.717) is 5.56 Å². The summed E-state index contributed by atoms with van der Waals surface area (Å²) in [4.78, 5) is 25.4. The highest BCUT2D eigenvalue weighted by Gasteiger charge is 2.58. The summed E-state index contributed by atoms with van der Waals surface area (Å²) in [5, 5.41) is 19.8. The second-order valence-electron chi connectivity index (χ2n) is 5.32. The molecule has 3 rings (SSSR count). The monoisotopic (exact) mass is 284 g/mol. The molecule has 3 N–H and O–H groups in total. The molecule has 0 saturated carbocycles. The van der Waals surface area contributed by atoms with E-state index in [0.717, 1.165) is 4.57 Å². The number of H-pyrrole nitrogens is 1. The van der Waals surface area contributed by atoms with Gasteiger partial charge in [0.05, 0.1) is 19.8 Å². The van der Waals surface area contributed by atoms with Crippen LogP contribution in [0.3, 0.4) is 0 Å². The SMILES string of the molecule is Cc1cn(C2O[C@@]3(CO)COCC3[C@H]2O)c(=O)[nH]c1=O. The number of rotatable bonds is 2. The van der Waals surface area contributed by atoms with Gasteiger partial charge in [-0.05, 0) is 6.92 Å². The highest BCUT2D eigenvalue weighted by Crippen LogP contribution is 2.44. The summed E-state index contributed by atoms with van der Waals surface area (Å²) in [6, 6.07) is 0. The molecule has 2 aliphatic rings. The van der Waals surface area contributed by atoms with Gasteiger partial charge >= 0.3 is 5.69 Å². The van der Waals surface area contributed by atoms with Gasteiger partial charge in [0.25, 0.3) is 5.56 Å². The average molecular weight is 284 g/mol. The van der Waals surface area contributed by atoms with Gasteiger partial charge in [-0.2, -0.15) is 0 Å². The van der Waals surface area contributed by atoms with Crippen molar-refractivity contribution in [1.29, 1.82) is 0 Å². The van der Waals surface area contributed by atoms with Crippen LogP contribution in [0, 0.1) is 12.8 Å². The maximum Gasteiger partial charge on any atom is 0.330 e. The quantitative estimate of drug-likeness (QED) is 0.585. The number of aliphatic hydroxyl groups is 2. The van der Waals surface area contributed by atoms with Crippen LogP contribution in [0.2, 0.25) is 0 Å². The summed E-state index contributed by atoms with van der Waals surface area (Å²) in [6.45, 7) is 1.68. The van der Waals surface area contributed by atoms with Crippen LogP contribution in [0.4, 0.5) is 0 Å². The lowest BCUT2D eigenvalue weighted by Crippen LogP contribution is -2.41. The van der Waals surface area contributed by atoms with E-state index < -0.39 is 35.1 Å². The van der Waals surface area contributed by atoms with Gasteiger partial charge in [-0.15, -0.1) is 0 Å². The first-order valence-electron chi connectivity index (χ1n) is 6.35. The molecule has 2 aliphatic heterocycles. The predicted molar refractivity (Wildman–Crippen MR) is 66.3 cm³/mol. The molecule has 0 aliphatic carbocycles. The predicted octanol–water partition coefficient (Wildman–Crippen LogP) is -1.89. The minimum Gasteiger partial charge on any atom is -0.393 e. The molecule has 0 radical (unpaired) electrons. The van der Waals surface area contributed by atoms with Crippen LogP contribution in [0.5, 0.6) is 0 Å². The average Bonchev–Trinajstić information content (AvgIpc) is 2.94. The van der Waals surface area contributed by atoms with Gasteiger partial charge < -0.3 is 19.7 Å². The van der Waals surface area contributed by atoms with Gasteiger partial charge in [0.15, 0.2) is 6.23 Å². The number of ether oxygens (including phenoxy) is 2. The zero-order valence-electron chi connectivity index (χ0n) is 10.9. The van der Waals surface area contributed by atoms with E-state index in [9.17, 15) is 19.8 Å². The van der Waals surface area contributed by atoms with E-state index in [1.54, 1.807) is 6.92 Å². The van der Waals surface area contributed by atoms with Crippen molar-refractivity contribution in [3.8, 4) is 0 Å². The molecule has 110 valence electrons. The van der Waals surface area contributed by atoms with Crippen molar-refractivity contribution in [1.82, 2.24) is 9.55 Å². The van der Waals surface area contributed by atoms with Crippen LogP contribution in [0.1, 0.15) is 11.8 Å². The summed E-state index contributed by atoms with van der Waals surface area (Å²) in [6.07, 6.45) is -0.589. The molecule has 1 aromatic rings. The van der Waals surface area contributed by atoms with E-state index >= 15 is 0 Å². The van der Waals surface area contributed by atoms with E-state index in [4.69, 9.17) is 9.47 Å². The number of hydrogen-bond acceptors (Lipinski definition) is 6. The van der Waals surface area contributed by atoms with Crippen LogP contribution < -0.4 is 11.2 Å². The second kappa shape index (κ2) is 4.52. The topological polar surface area (TPSA) is 114 Å². The minimum absolute atomic E-state index is 0.165. The Hall–Kier alpha value is -1.48. The van der Waals surface area contributed by atoms with Gasteiger partial charge in [0.1, 0.15) is 11.7 Å². The van der Waals surface area contributed by atoms with Crippen LogP contribution in [0.15, 0.2) is 15.8 Å². The fourth-order valence-electron chi connectivity index (χ4n) is 2.85. The molecular formula is C12H16N2O6. The summed E-state index contributed by atoms with van der Waals surface area (Å²) < 4.78 is 12.1. The highest BCUT2D eigenvalue weighted by molar-refractivity contribution is 5.07. The van der Waals surface area contributed by atoms with Gasteiger partial charge in [0.2, 0.25) is 0 Å². The molecule has 2 fully saturated rings. The fourth-order valence-corrected chi connectivity index (χ4v) is 2.85. The van der Waals surface area contributed by atoms with Gasteiger partial charge in [-0.3, -0.25) is 14.3 Å². The molecule has 0 amide bonds. The summed E-state index contributed by atoms with van der Waals surface area (Å²) >= 11 is 0. The third-order valence-electron chi connectivity index (χ3n) is 4.07. The normalized spacial score (nSPS) is 36.2. The first kappa shape index (κ1) is 13.5. The van der Waals surface area contributed by atoms with Crippen LogP contribution in [0.25, 0.3) is 0 Å². The van der Waals surface area contributed by atoms with Crippen molar-refractivity contribution in [3.63, 3.8) is 0 Å². The smallest absolute Gasteiger partial charge is 0.330 e.